The fourth-order valence-electron chi connectivity index (χ4n) is 2.39. The molecule has 6 heteroatoms. The first-order chi connectivity index (χ1) is 8.60. The minimum atomic E-state index is -2.78. The van der Waals surface area contributed by atoms with Gasteiger partial charge in [-0.05, 0) is 11.5 Å². The highest BCUT2D eigenvalue weighted by Crippen LogP contribution is 2.72. The molecule has 0 aromatic carbocycles. The fraction of sp³-hybridized carbons (Fsp3) is 0.923. The largest absolute Gasteiger partial charge is 0.276 e. The minimum Gasteiger partial charge on any atom is -0.204 e. The predicted octanol–water partition coefficient (Wildman–Crippen LogP) is 5.02. The van der Waals surface area contributed by atoms with Crippen LogP contribution in [0.5, 0.6) is 0 Å². The van der Waals surface area contributed by atoms with Crippen LogP contribution in [-0.2, 0) is 0 Å². The van der Waals surface area contributed by atoms with Gasteiger partial charge in [-0.1, -0.05) is 34.6 Å². The van der Waals surface area contributed by atoms with Crippen LogP contribution in [0, 0.1) is 11.3 Å². The van der Waals surface area contributed by atoms with Crippen LogP contribution < -0.4 is 0 Å². The van der Waals surface area contributed by atoms with E-state index in [4.69, 9.17) is 0 Å². The molecule has 0 amide bonds. The molecule has 0 spiro atoms. The Morgan fingerprint density at radius 3 is 1.89 bits per heavy atom. The van der Waals surface area contributed by atoms with E-state index in [9.17, 15) is 14.0 Å². The molecule has 0 aromatic heterocycles. The van der Waals surface area contributed by atoms with Crippen LogP contribution in [0.4, 0.5) is 8.78 Å². The highest BCUT2D eigenvalue weighted by atomic mass is 32.2. The van der Waals surface area contributed by atoms with Crippen molar-refractivity contribution in [2.45, 2.75) is 60.5 Å². The lowest BCUT2D eigenvalue weighted by Crippen LogP contribution is -2.71. The van der Waals surface area contributed by atoms with Gasteiger partial charge in [-0.2, -0.15) is 5.26 Å². The molecule has 1 fully saturated rings. The van der Waals surface area contributed by atoms with Gasteiger partial charge in [0.1, 0.15) is 4.75 Å². The third-order valence-electron chi connectivity index (χ3n) is 2.84. The molecule has 110 valence electrons. The molecule has 19 heavy (non-hydrogen) atoms. The quantitative estimate of drug-likeness (QED) is 0.662. The molecular weight excluding hydrogens is 304 g/mol. The maximum Gasteiger partial charge on any atom is 0.276 e. The summed E-state index contributed by atoms with van der Waals surface area (Å²) in [5.74, 6) is -1.59. The monoisotopic (exact) mass is 325 g/mol. The lowest BCUT2D eigenvalue weighted by atomic mass is 9.79. The summed E-state index contributed by atoms with van der Waals surface area (Å²) in [6, 6.07) is 2.23. The van der Waals surface area contributed by atoms with Gasteiger partial charge >= 0.3 is 0 Å². The second-order valence-electron chi connectivity index (χ2n) is 5.52. The number of thioether (sulfide) groups is 3. The Labute approximate surface area is 127 Å². The first kappa shape index (κ1) is 17.5. The first-order valence-corrected chi connectivity index (χ1v) is 9.15. The van der Waals surface area contributed by atoms with Crippen LogP contribution >= 0.6 is 35.3 Å². The molecule has 1 nitrogen and oxygen atoms in total. The van der Waals surface area contributed by atoms with Gasteiger partial charge in [-0.15, -0.1) is 35.3 Å². The van der Waals surface area contributed by atoms with Crippen molar-refractivity contribution in [1.29, 1.82) is 5.26 Å². The molecular formula is C13H21F2NS3. The number of hydrogen-bond donors (Lipinski definition) is 0. The lowest BCUT2D eigenvalue weighted by Gasteiger charge is -2.60. The average Bonchev–Trinajstić information content (AvgIpc) is 2.25. The fourth-order valence-corrected chi connectivity index (χ4v) is 7.74. The summed E-state index contributed by atoms with van der Waals surface area (Å²) in [6.07, 6.45) is -0.335. The molecule has 1 aliphatic rings. The van der Waals surface area contributed by atoms with Gasteiger partial charge in [0.05, 0.1) is 6.07 Å². The van der Waals surface area contributed by atoms with E-state index < -0.39 is 14.7 Å². The molecule has 1 unspecified atom stereocenters. The van der Waals surface area contributed by atoms with Gasteiger partial charge in [0.15, 0.2) is 4.08 Å². The van der Waals surface area contributed by atoms with E-state index in [0.29, 0.717) is 11.5 Å². The van der Waals surface area contributed by atoms with E-state index >= 15 is 0 Å². The number of nitrogens with zero attached hydrogens (tertiary/aromatic N) is 1. The van der Waals surface area contributed by atoms with Gasteiger partial charge in [-0.3, -0.25) is 0 Å². The average molecular weight is 326 g/mol. The molecule has 1 aliphatic carbocycles. The summed E-state index contributed by atoms with van der Waals surface area (Å²) in [5, 5.41) is 9.59. The van der Waals surface area contributed by atoms with Crippen molar-refractivity contribution in [3.63, 3.8) is 0 Å². The van der Waals surface area contributed by atoms with Crippen LogP contribution in [0.3, 0.4) is 0 Å². The zero-order chi connectivity index (χ0) is 14.9. The van der Waals surface area contributed by atoms with Crippen LogP contribution in [-0.4, -0.2) is 31.0 Å². The summed E-state index contributed by atoms with van der Waals surface area (Å²) in [4.78, 5) is 0. The lowest BCUT2D eigenvalue weighted by molar-refractivity contribution is -0.0873. The molecule has 0 bridgehead atoms. The number of nitriles is 1. The third kappa shape index (κ3) is 2.89. The zero-order valence-corrected chi connectivity index (χ0v) is 14.5. The van der Waals surface area contributed by atoms with Crippen molar-refractivity contribution < 1.29 is 8.78 Å². The SMILES string of the molecule is CCSC1(SCC)C(F)(F)CC1(C#N)SC(C)(C)C. The molecule has 0 saturated heterocycles. The van der Waals surface area contributed by atoms with Crippen molar-refractivity contribution in [3.8, 4) is 6.07 Å². The summed E-state index contributed by atoms with van der Waals surface area (Å²) in [6.45, 7) is 9.68. The van der Waals surface area contributed by atoms with E-state index in [-0.39, 0.29) is 11.2 Å². The maximum atomic E-state index is 14.3. The van der Waals surface area contributed by atoms with Gasteiger partial charge < -0.3 is 0 Å². The topological polar surface area (TPSA) is 23.8 Å². The summed E-state index contributed by atoms with van der Waals surface area (Å²) in [7, 11) is 0. The second kappa shape index (κ2) is 5.65. The molecule has 0 heterocycles. The number of alkyl halides is 2. The number of halogens is 2. The highest BCUT2D eigenvalue weighted by molar-refractivity contribution is 8.20. The van der Waals surface area contributed by atoms with E-state index in [0.717, 1.165) is 0 Å². The van der Waals surface area contributed by atoms with Gasteiger partial charge in [0.25, 0.3) is 5.92 Å². The van der Waals surface area contributed by atoms with Gasteiger partial charge in [-0.25, -0.2) is 8.78 Å². The van der Waals surface area contributed by atoms with Crippen LogP contribution in [0.15, 0.2) is 0 Å². The Morgan fingerprint density at radius 2 is 1.63 bits per heavy atom. The Kier molecular flexibility index (Phi) is 5.19. The Balaban J connectivity index is 3.21. The third-order valence-corrected chi connectivity index (χ3v) is 7.99. The van der Waals surface area contributed by atoms with Crippen molar-refractivity contribution >= 4 is 35.3 Å². The molecule has 1 saturated carbocycles. The van der Waals surface area contributed by atoms with Gasteiger partial charge in [0, 0.05) is 11.2 Å². The first-order valence-electron chi connectivity index (χ1n) is 6.37. The van der Waals surface area contributed by atoms with Crippen molar-refractivity contribution in [1.82, 2.24) is 0 Å². The zero-order valence-electron chi connectivity index (χ0n) is 12.0. The Hall–Kier alpha value is 0.400. The smallest absolute Gasteiger partial charge is 0.204 e. The Bertz CT molecular complexity index is 367. The van der Waals surface area contributed by atoms with Crippen molar-refractivity contribution in [2.24, 2.45) is 0 Å². The van der Waals surface area contributed by atoms with Crippen molar-refractivity contribution in [2.75, 3.05) is 11.5 Å². The van der Waals surface area contributed by atoms with E-state index in [1.54, 1.807) is 0 Å². The van der Waals surface area contributed by atoms with Gasteiger partial charge in [0.2, 0.25) is 0 Å². The van der Waals surface area contributed by atoms with E-state index in [1.165, 1.54) is 35.3 Å². The molecule has 0 N–H and O–H groups in total. The molecule has 1 rings (SSSR count). The normalized spacial score (nSPS) is 28.5. The minimum absolute atomic E-state index is 0.208. The maximum absolute atomic E-state index is 14.3. The standard InChI is InChI=1S/C13H21F2NS3/c1-6-17-13(18-7-2)11(9-16,8-12(13,14)15)19-10(3,4)5/h6-8H2,1-5H3. The Morgan fingerprint density at radius 1 is 1.16 bits per heavy atom. The van der Waals surface area contributed by atoms with Crippen LogP contribution in [0.2, 0.25) is 0 Å². The van der Waals surface area contributed by atoms with Crippen LogP contribution in [0.1, 0.15) is 41.0 Å². The van der Waals surface area contributed by atoms with Crippen molar-refractivity contribution in [3.05, 3.63) is 0 Å². The molecule has 1 atom stereocenters. The molecule has 0 aromatic rings. The predicted molar refractivity (Wildman–Crippen MR) is 84.2 cm³/mol. The summed E-state index contributed by atoms with van der Waals surface area (Å²) in [5.41, 5.74) is 0. The number of rotatable bonds is 5. The summed E-state index contributed by atoms with van der Waals surface area (Å²) >= 11 is 3.88. The number of hydrogen-bond acceptors (Lipinski definition) is 4. The highest BCUT2D eigenvalue weighted by Gasteiger charge is 2.79. The van der Waals surface area contributed by atoms with E-state index in [2.05, 4.69) is 6.07 Å². The molecule has 0 radical (unpaired) electrons. The second-order valence-corrected chi connectivity index (χ2v) is 10.9. The summed E-state index contributed by atoms with van der Waals surface area (Å²) < 4.78 is 26.0. The van der Waals surface area contributed by atoms with E-state index in [1.807, 2.05) is 34.6 Å². The van der Waals surface area contributed by atoms with Crippen LogP contribution in [0.25, 0.3) is 0 Å². The molecule has 0 aliphatic heterocycles.